The first kappa shape index (κ1) is 25.5. The van der Waals surface area contributed by atoms with Crippen molar-refractivity contribution in [2.24, 2.45) is 0 Å². The highest BCUT2D eigenvalue weighted by atomic mass is 35.5. The fourth-order valence-electron chi connectivity index (χ4n) is 4.62. The molecular weight excluding hydrogens is 559 g/mol. The van der Waals surface area contributed by atoms with Gasteiger partial charge in [0.1, 0.15) is 4.88 Å². The third kappa shape index (κ3) is 4.90. The van der Waals surface area contributed by atoms with Gasteiger partial charge in [-0.25, -0.2) is 14.3 Å². The highest BCUT2D eigenvalue weighted by Gasteiger charge is 2.34. The summed E-state index contributed by atoms with van der Waals surface area (Å²) < 4.78 is 7.27. The molecule has 1 unspecified atom stereocenters. The van der Waals surface area contributed by atoms with Crippen LogP contribution in [0.2, 0.25) is 10.0 Å². The zero-order valence-electron chi connectivity index (χ0n) is 20.3. The zero-order chi connectivity index (χ0) is 27.1. The Morgan fingerprint density at radius 2 is 1.87 bits per heavy atom. The molecule has 5 aromatic rings. The van der Waals surface area contributed by atoms with Gasteiger partial charge in [0, 0.05) is 40.5 Å². The number of carboxylic acid groups (broad SMARTS) is 1. The van der Waals surface area contributed by atoms with Gasteiger partial charge in [-0.15, -0.1) is 11.3 Å². The summed E-state index contributed by atoms with van der Waals surface area (Å²) in [7, 11) is 0. The first-order valence-electron chi connectivity index (χ1n) is 12.0. The molecule has 1 atom stereocenters. The third-order valence-corrected chi connectivity index (χ3v) is 8.23. The summed E-state index contributed by atoms with van der Waals surface area (Å²) in [6, 6.07) is 17.4. The van der Waals surface area contributed by atoms with Crippen LogP contribution in [-0.4, -0.2) is 50.8 Å². The lowest BCUT2D eigenvalue weighted by atomic mass is 10.1. The molecule has 3 aromatic heterocycles. The molecule has 1 fully saturated rings. The maximum Gasteiger partial charge on any atom is 0.348 e. The van der Waals surface area contributed by atoms with Crippen LogP contribution < -0.4 is 4.90 Å². The molecule has 1 amide bonds. The van der Waals surface area contributed by atoms with Gasteiger partial charge in [0.25, 0.3) is 5.91 Å². The van der Waals surface area contributed by atoms with E-state index in [0.717, 1.165) is 33.8 Å². The van der Waals surface area contributed by atoms with Gasteiger partial charge in [0.2, 0.25) is 0 Å². The Balaban J connectivity index is 1.38. The highest BCUT2D eigenvalue weighted by molar-refractivity contribution is 7.18. The molecule has 0 saturated carbocycles. The zero-order valence-corrected chi connectivity index (χ0v) is 22.6. The maximum absolute atomic E-state index is 13.8. The highest BCUT2D eigenvalue weighted by Crippen LogP contribution is 2.40. The number of anilines is 1. The number of rotatable bonds is 6. The van der Waals surface area contributed by atoms with Crippen molar-refractivity contribution >= 4 is 57.7 Å². The topological polar surface area (TPSA) is 97.0 Å². The number of hydrogen-bond donors (Lipinski definition) is 1. The minimum atomic E-state index is -1.12. The number of hydrogen-bond acceptors (Lipinski definition) is 6. The molecule has 1 N–H and O–H groups in total. The van der Waals surface area contributed by atoms with E-state index >= 15 is 0 Å². The number of aromatic carboxylic acids is 1. The van der Waals surface area contributed by atoms with E-state index in [1.54, 1.807) is 28.9 Å². The van der Waals surface area contributed by atoms with E-state index in [2.05, 4.69) is 10.1 Å². The Labute approximate surface area is 237 Å². The molecule has 0 radical (unpaired) electrons. The Morgan fingerprint density at radius 3 is 2.56 bits per heavy atom. The maximum atomic E-state index is 13.8. The van der Waals surface area contributed by atoms with Crippen molar-refractivity contribution in [3.8, 4) is 21.7 Å². The number of carbonyl (C=O) groups excluding carboxylic acids is 1. The second-order valence-corrected chi connectivity index (χ2v) is 10.9. The van der Waals surface area contributed by atoms with E-state index in [1.807, 2.05) is 42.6 Å². The minimum absolute atomic E-state index is 0.0610. The molecule has 0 aliphatic carbocycles. The third-order valence-electron chi connectivity index (χ3n) is 6.52. The number of fused-ring (bicyclic) bond motifs is 1. The van der Waals surface area contributed by atoms with Gasteiger partial charge >= 0.3 is 5.97 Å². The van der Waals surface area contributed by atoms with Crippen molar-refractivity contribution in [3.05, 3.63) is 93.5 Å². The van der Waals surface area contributed by atoms with Gasteiger partial charge in [-0.3, -0.25) is 4.79 Å². The predicted molar refractivity (Wildman–Crippen MR) is 151 cm³/mol. The number of nitrogens with zero attached hydrogens (tertiary/aromatic N) is 4. The summed E-state index contributed by atoms with van der Waals surface area (Å²) in [5.41, 5.74) is 3.78. The fourth-order valence-corrected chi connectivity index (χ4v) is 6.11. The van der Waals surface area contributed by atoms with Crippen LogP contribution in [0.1, 0.15) is 26.5 Å². The second-order valence-electron chi connectivity index (χ2n) is 8.98. The Morgan fingerprint density at radius 1 is 1.08 bits per heavy atom. The molecule has 0 bridgehead atoms. The summed E-state index contributed by atoms with van der Waals surface area (Å²) in [5.74, 6) is -1.52. The predicted octanol–water partition coefficient (Wildman–Crippen LogP) is 6.57. The van der Waals surface area contributed by atoms with Crippen LogP contribution in [0.4, 0.5) is 5.69 Å². The first-order valence-corrected chi connectivity index (χ1v) is 13.6. The quantitative estimate of drug-likeness (QED) is 0.245. The Bertz CT molecular complexity index is 1680. The fraction of sp³-hybridized carbons (Fsp3) is 0.143. The van der Waals surface area contributed by atoms with E-state index in [-0.39, 0.29) is 21.5 Å². The molecule has 6 rings (SSSR count). The van der Waals surface area contributed by atoms with Crippen LogP contribution >= 0.6 is 34.5 Å². The number of amides is 1. The standard InChI is InChI=1S/C28H20Cl2N4O4S/c29-18-6-7-20(21(30)12-18)27(35)34(19-8-11-38-15-19)23-14-24(39-26(23)28(36)37)17-4-2-16(3-5-17)22-13-25-31-9-1-10-33(25)32-22/h1-7,9-10,12-14,19H,8,11,15H2,(H,36,37). The van der Waals surface area contributed by atoms with Crippen LogP contribution in [0.5, 0.6) is 0 Å². The van der Waals surface area contributed by atoms with E-state index in [0.29, 0.717) is 35.2 Å². The molecule has 1 aliphatic heterocycles. The average molecular weight is 579 g/mol. The molecule has 0 spiro atoms. The molecule has 2 aromatic carbocycles. The average Bonchev–Trinajstić information content (AvgIpc) is 3.69. The first-order chi connectivity index (χ1) is 18.9. The molecular formula is C28H20Cl2N4O4S. The minimum Gasteiger partial charge on any atom is -0.477 e. The lowest BCUT2D eigenvalue weighted by Crippen LogP contribution is -2.41. The summed E-state index contributed by atoms with van der Waals surface area (Å²) in [5, 5.41) is 15.3. The lowest BCUT2D eigenvalue weighted by Gasteiger charge is -2.28. The van der Waals surface area contributed by atoms with Crippen LogP contribution in [0.3, 0.4) is 0 Å². The number of ether oxygens (including phenoxy) is 1. The monoisotopic (exact) mass is 578 g/mol. The van der Waals surface area contributed by atoms with Crippen molar-refractivity contribution in [2.45, 2.75) is 12.5 Å². The van der Waals surface area contributed by atoms with E-state index in [9.17, 15) is 14.7 Å². The van der Waals surface area contributed by atoms with Gasteiger partial charge in [-0.2, -0.15) is 5.10 Å². The number of aromatic nitrogens is 3. The Kier molecular flexibility index (Phi) is 6.82. The van der Waals surface area contributed by atoms with Crippen LogP contribution in [-0.2, 0) is 4.74 Å². The number of carboxylic acids is 1. The molecule has 11 heteroatoms. The smallest absolute Gasteiger partial charge is 0.348 e. The van der Waals surface area contributed by atoms with Crippen LogP contribution in [0, 0.1) is 0 Å². The van der Waals surface area contributed by atoms with Gasteiger partial charge in [-0.1, -0.05) is 47.5 Å². The number of halogens is 2. The number of thiophene rings is 1. The van der Waals surface area contributed by atoms with Crippen molar-refractivity contribution in [1.82, 2.24) is 14.6 Å². The largest absolute Gasteiger partial charge is 0.477 e. The lowest BCUT2D eigenvalue weighted by molar-refractivity contribution is 0.0702. The molecule has 4 heterocycles. The van der Waals surface area contributed by atoms with E-state index in [1.165, 1.54) is 11.0 Å². The van der Waals surface area contributed by atoms with Crippen molar-refractivity contribution in [3.63, 3.8) is 0 Å². The van der Waals surface area contributed by atoms with Crippen LogP contribution in [0.15, 0.2) is 73.1 Å². The summed E-state index contributed by atoms with van der Waals surface area (Å²) in [6.07, 6.45) is 4.12. The van der Waals surface area contributed by atoms with Crippen molar-refractivity contribution in [1.29, 1.82) is 0 Å². The van der Waals surface area contributed by atoms with Gasteiger partial charge in [0.05, 0.1) is 34.6 Å². The van der Waals surface area contributed by atoms with E-state index < -0.39 is 11.9 Å². The Hall–Kier alpha value is -3.76. The normalized spacial score (nSPS) is 15.1. The van der Waals surface area contributed by atoms with Crippen molar-refractivity contribution in [2.75, 3.05) is 18.1 Å². The molecule has 8 nitrogen and oxygen atoms in total. The van der Waals surface area contributed by atoms with Gasteiger partial charge < -0.3 is 14.7 Å². The molecule has 196 valence electrons. The van der Waals surface area contributed by atoms with Gasteiger partial charge in [-0.05, 0) is 42.3 Å². The molecule has 39 heavy (non-hydrogen) atoms. The summed E-state index contributed by atoms with van der Waals surface area (Å²) in [6.45, 7) is 0.770. The van der Waals surface area contributed by atoms with E-state index in [4.69, 9.17) is 27.9 Å². The summed E-state index contributed by atoms with van der Waals surface area (Å²) in [4.78, 5) is 32.7. The number of carbonyl (C=O) groups is 2. The molecule has 1 aliphatic rings. The second kappa shape index (κ2) is 10.4. The van der Waals surface area contributed by atoms with Crippen LogP contribution in [0.25, 0.3) is 27.3 Å². The SMILES string of the molecule is O=C(O)c1sc(-c2ccc(-c3cc4ncccn4n3)cc2)cc1N(C(=O)c1ccc(Cl)cc1Cl)C1CCOC1. The number of benzene rings is 2. The molecule has 1 saturated heterocycles. The van der Waals surface area contributed by atoms with Crippen molar-refractivity contribution < 1.29 is 19.4 Å². The van der Waals surface area contributed by atoms with Gasteiger partial charge in [0.15, 0.2) is 5.65 Å². The summed E-state index contributed by atoms with van der Waals surface area (Å²) >= 11 is 13.5.